The Morgan fingerprint density at radius 2 is 2.06 bits per heavy atom. The van der Waals surface area contributed by atoms with Crippen molar-refractivity contribution in [3.63, 3.8) is 0 Å². The van der Waals surface area contributed by atoms with E-state index in [4.69, 9.17) is 4.74 Å². The smallest absolute Gasteiger partial charge is 0.0672 e. The topological polar surface area (TPSA) is 45.0 Å². The second kappa shape index (κ2) is 6.98. The van der Waals surface area contributed by atoms with Crippen molar-refractivity contribution in [2.45, 2.75) is 51.0 Å². The zero-order chi connectivity index (χ0) is 11.9. The molecule has 1 N–H and O–H groups in total. The first-order chi connectivity index (χ1) is 8.40. The number of nitrogens with one attached hydrogen (secondary N) is 1. The average molecular weight is 236 g/mol. The minimum atomic E-state index is 0.234. The lowest BCUT2D eigenvalue weighted by atomic mass is 9.96. The van der Waals surface area contributed by atoms with Gasteiger partial charge in [-0.15, -0.1) is 0 Å². The van der Waals surface area contributed by atoms with E-state index >= 15 is 0 Å². The highest BCUT2D eigenvalue weighted by molar-refractivity contribution is 4.93. The maximum absolute atomic E-state index is 9.19. The van der Waals surface area contributed by atoms with Gasteiger partial charge in [0.05, 0.1) is 12.0 Å². The molecule has 1 heterocycles. The van der Waals surface area contributed by atoms with Crippen LogP contribution in [-0.2, 0) is 4.74 Å². The van der Waals surface area contributed by atoms with Crippen LogP contribution < -0.4 is 5.32 Å². The summed E-state index contributed by atoms with van der Waals surface area (Å²) in [4.78, 5) is 0. The molecule has 2 aliphatic rings. The molecule has 2 rings (SSSR count). The van der Waals surface area contributed by atoms with E-state index in [0.717, 1.165) is 32.1 Å². The maximum Gasteiger partial charge on any atom is 0.0672 e. The molecule has 1 saturated carbocycles. The fourth-order valence-electron chi connectivity index (χ4n) is 2.99. The molecule has 1 aliphatic heterocycles. The van der Waals surface area contributed by atoms with Crippen LogP contribution in [0.15, 0.2) is 0 Å². The number of hydrogen-bond donors (Lipinski definition) is 1. The van der Waals surface area contributed by atoms with Gasteiger partial charge in [0.15, 0.2) is 0 Å². The van der Waals surface area contributed by atoms with Gasteiger partial charge >= 0.3 is 0 Å². The minimum absolute atomic E-state index is 0.234. The first-order valence-electron chi connectivity index (χ1n) is 7.11. The standard InChI is InChI=1S/C14H24N2O/c15-10-13-4-2-1-3-5-14(13)16-8-6-12-7-9-17-11-12/h12-14,16H,1-9,11H2. The van der Waals surface area contributed by atoms with E-state index in [1.807, 2.05) is 0 Å². The molecule has 0 aromatic heterocycles. The van der Waals surface area contributed by atoms with Crippen molar-refractivity contribution in [3.8, 4) is 6.07 Å². The van der Waals surface area contributed by atoms with Crippen molar-refractivity contribution in [3.05, 3.63) is 0 Å². The van der Waals surface area contributed by atoms with Gasteiger partial charge in [-0.25, -0.2) is 0 Å². The van der Waals surface area contributed by atoms with Crippen LogP contribution in [0.1, 0.15) is 44.9 Å². The maximum atomic E-state index is 9.19. The Labute approximate surface area is 105 Å². The predicted octanol–water partition coefficient (Wildman–Crippen LogP) is 2.48. The lowest BCUT2D eigenvalue weighted by Gasteiger charge is -2.21. The molecule has 17 heavy (non-hydrogen) atoms. The zero-order valence-electron chi connectivity index (χ0n) is 10.7. The van der Waals surface area contributed by atoms with E-state index in [9.17, 15) is 5.26 Å². The highest BCUT2D eigenvalue weighted by atomic mass is 16.5. The van der Waals surface area contributed by atoms with Crippen molar-refractivity contribution >= 4 is 0 Å². The lowest BCUT2D eigenvalue weighted by molar-refractivity contribution is 0.183. The van der Waals surface area contributed by atoms with Crippen LogP contribution in [0, 0.1) is 23.2 Å². The molecule has 3 heteroatoms. The van der Waals surface area contributed by atoms with Crippen LogP contribution in [0.25, 0.3) is 0 Å². The van der Waals surface area contributed by atoms with E-state index in [0.29, 0.717) is 6.04 Å². The Balaban J connectivity index is 1.70. The molecule has 0 radical (unpaired) electrons. The van der Waals surface area contributed by atoms with Gasteiger partial charge < -0.3 is 10.1 Å². The number of nitrogens with zero attached hydrogens (tertiary/aromatic N) is 1. The van der Waals surface area contributed by atoms with Crippen LogP contribution in [0.4, 0.5) is 0 Å². The van der Waals surface area contributed by atoms with Gasteiger partial charge in [0.2, 0.25) is 0 Å². The monoisotopic (exact) mass is 236 g/mol. The molecule has 0 amide bonds. The molecule has 0 aromatic rings. The Morgan fingerprint density at radius 3 is 2.82 bits per heavy atom. The summed E-state index contributed by atoms with van der Waals surface area (Å²) in [6, 6.07) is 2.92. The first-order valence-corrected chi connectivity index (χ1v) is 7.11. The van der Waals surface area contributed by atoms with E-state index in [1.54, 1.807) is 0 Å². The summed E-state index contributed by atoms with van der Waals surface area (Å²) in [5.41, 5.74) is 0. The highest BCUT2D eigenvalue weighted by Crippen LogP contribution is 2.23. The fourth-order valence-corrected chi connectivity index (χ4v) is 2.99. The molecule has 0 spiro atoms. The average Bonchev–Trinajstić information content (AvgIpc) is 2.75. The summed E-state index contributed by atoms with van der Waals surface area (Å²) in [5.74, 6) is 0.978. The SMILES string of the molecule is N#CC1CCCCCC1NCCC1CCOC1. The molecule has 3 nitrogen and oxygen atoms in total. The molecule has 3 atom stereocenters. The molecule has 0 aromatic carbocycles. The minimum Gasteiger partial charge on any atom is -0.381 e. The molecule has 3 unspecified atom stereocenters. The van der Waals surface area contributed by atoms with E-state index in [1.165, 1.54) is 38.5 Å². The van der Waals surface area contributed by atoms with Gasteiger partial charge in [0, 0.05) is 19.3 Å². The Morgan fingerprint density at radius 1 is 1.18 bits per heavy atom. The summed E-state index contributed by atoms with van der Waals surface area (Å²) >= 11 is 0. The molecule has 0 bridgehead atoms. The lowest BCUT2D eigenvalue weighted by Crippen LogP contribution is -2.36. The summed E-state index contributed by atoms with van der Waals surface area (Å²) in [7, 11) is 0. The highest BCUT2D eigenvalue weighted by Gasteiger charge is 2.23. The quantitative estimate of drug-likeness (QED) is 0.763. The van der Waals surface area contributed by atoms with E-state index < -0.39 is 0 Å². The second-order valence-corrected chi connectivity index (χ2v) is 5.45. The van der Waals surface area contributed by atoms with Crippen molar-refractivity contribution < 1.29 is 4.74 Å². The normalized spacial score (nSPS) is 34.2. The van der Waals surface area contributed by atoms with E-state index in [2.05, 4.69) is 11.4 Å². The molecule has 96 valence electrons. The Kier molecular flexibility index (Phi) is 5.28. The summed E-state index contributed by atoms with van der Waals surface area (Å²) < 4.78 is 5.38. The van der Waals surface area contributed by atoms with Gasteiger partial charge in [-0.05, 0) is 38.1 Å². The van der Waals surface area contributed by atoms with Gasteiger partial charge in [-0.1, -0.05) is 19.3 Å². The molecule has 1 aliphatic carbocycles. The van der Waals surface area contributed by atoms with Gasteiger partial charge in [-0.3, -0.25) is 0 Å². The third kappa shape index (κ3) is 3.97. The third-order valence-electron chi connectivity index (χ3n) is 4.16. The van der Waals surface area contributed by atoms with E-state index in [-0.39, 0.29) is 5.92 Å². The van der Waals surface area contributed by atoms with Gasteiger partial charge in [-0.2, -0.15) is 5.26 Å². The number of ether oxygens (including phenoxy) is 1. The fraction of sp³-hybridized carbons (Fsp3) is 0.929. The van der Waals surface area contributed by atoms with Crippen molar-refractivity contribution in [2.24, 2.45) is 11.8 Å². The summed E-state index contributed by atoms with van der Waals surface area (Å²) in [5, 5.41) is 12.8. The number of nitriles is 1. The van der Waals surface area contributed by atoms with Crippen molar-refractivity contribution in [1.29, 1.82) is 5.26 Å². The Bertz CT molecular complexity index is 255. The van der Waals surface area contributed by atoms with Crippen molar-refractivity contribution in [2.75, 3.05) is 19.8 Å². The first kappa shape index (κ1) is 12.9. The zero-order valence-corrected chi connectivity index (χ0v) is 10.7. The van der Waals surface area contributed by atoms with Crippen LogP contribution in [0.5, 0.6) is 0 Å². The second-order valence-electron chi connectivity index (χ2n) is 5.45. The molecular formula is C14H24N2O. The van der Waals surface area contributed by atoms with Crippen LogP contribution in [0.3, 0.4) is 0 Å². The number of rotatable bonds is 4. The summed E-state index contributed by atoms with van der Waals surface area (Å²) in [6.07, 6.45) is 8.49. The molecular weight excluding hydrogens is 212 g/mol. The number of hydrogen-bond acceptors (Lipinski definition) is 3. The Hall–Kier alpha value is -0.590. The molecule has 2 fully saturated rings. The van der Waals surface area contributed by atoms with Gasteiger partial charge in [0.1, 0.15) is 0 Å². The predicted molar refractivity (Wildman–Crippen MR) is 67.5 cm³/mol. The largest absolute Gasteiger partial charge is 0.381 e. The van der Waals surface area contributed by atoms with Gasteiger partial charge in [0.25, 0.3) is 0 Å². The van der Waals surface area contributed by atoms with Crippen LogP contribution in [-0.4, -0.2) is 25.8 Å². The third-order valence-corrected chi connectivity index (χ3v) is 4.16. The summed E-state index contributed by atoms with van der Waals surface area (Å²) in [6.45, 7) is 2.93. The van der Waals surface area contributed by atoms with Crippen LogP contribution >= 0.6 is 0 Å². The van der Waals surface area contributed by atoms with Crippen molar-refractivity contribution in [1.82, 2.24) is 5.32 Å². The van der Waals surface area contributed by atoms with Crippen LogP contribution in [0.2, 0.25) is 0 Å². The molecule has 1 saturated heterocycles.